The Kier molecular flexibility index (Phi) is 7.10. The molecule has 1 amide bonds. The van der Waals surface area contributed by atoms with E-state index in [2.05, 4.69) is 33.9 Å². The van der Waals surface area contributed by atoms with Gasteiger partial charge in [-0.05, 0) is 49.7 Å². The molecule has 0 aliphatic heterocycles. The number of benzene rings is 3. The molecule has 0 unspecified atom stereocenters. The molecule has 4 rings (SSSR count). The Bertz CT molecular complexity index is 1220. The second-order valence-electron chi connectivity index (χ2n) is 7.75. The maximum Gasteiger partial charge on any atom is 0.234 e. The van der Waals surface area contributed by atoms with Crippen LogP contribution in [0.4, 0.5) is 5.69 Å². The van der Waals surface area contributed by atoms with E-state index in [-0.39, 0.29) is 17.7 Å². The van der Waals surface area contributed by atoms with Crippen molar-refractivity contribution in [3.63, 3.8) is 0 Å². The van der Waals surface area contributed by atoms with Crippen LogP contribution in [-0.4, -0.2) is 33.5 Å². The first-order chi connectivity index (χ1) is 16.1. The van der Waals surface area contributed by atoms with Gasteiger partial charge in [-0.2, -0.15) is 0 Å². The van der Waals surface area contributed by atoms with Crippen molar-refractivity contribution in [3.05, 3.63) is 78.9 Å². The van der Waals surface area contributed by atoms with Gasteiger partial charge in [0.1, 0.15) is 5.75 Å². The fraction of sp³-hybridized carbons (Fsp3) is 0.192. The molecule has 0 spiro atoms. The first-order valence-corrected chi connectivity index (χ1v) is 11.7. The molecule has 1 N–H and O–H groups in total. The molecule has 6 nitrogen and oxygen atoms in total. The molecule has 0 aliphatic rings. The molecular weight excluding hydrogens is 432 g/mol. The van der Waals surface area contributed by atoms with Crippen LogP contribution in [0.3, 0.4) is 0 Å². The molecule has 4 aromatic rings. The molecule has 1 heterocycles. The van der Waals surface area contributed by atoms with Crippen LogP contribution < -0.4 is 10.1 Å². The zero-order valence-corrected chi connectivity index (χ0v) is 19.7. The van der Waals surface area contributed by atoms with Crippen LogP contribution in [0.25, 0.3) is 22.5 Å². The van der Waals surface area contributed by atoms with E-state index in [0.717, 1.165) is 34.0 Å². The first-order valence-electron chi connectivity index (χ1n) is 10.7. The average Bonchev–Trinajstić information content (AvgIpc) is 3.28. The highest BCUT2D eigenvalue weighted by Crippen LogP contribution is 2.30. The molecule has 0 bridgehead atoms. The van der Waals surface area contributed by atoms with Gasteiger partial charge in [0.05, 0.1) is 12.9 Å². The number of rotatable bonds is 8. The lowest BCUT2D eigenvalue weighted by Crippen LogP contribution is -2.15. The summed E-state index contributed by atoms with van der Waals surface area (Å²) in [4.78, 5) is 12.8. The van der Waals surface area contributed by atoms with Gasteiger partial charge in [-0.25, -0.2) is 0 Å². The fourth-order valence-corrected chi connectivity index (χ4v) is 4.42. The molecule has 33 heavy (non-hydrogen) atoms. The average molecular weight is 459 g/mol. The topological polar surface area (TPSA) is 69.0 Å². The number of ether oxygens (including phenoxy) is 1. The Labute approximate surface area is 198 Å². The van der Waals surface area contributed by atoms with E-state index < -0.39 is 0 Å². The lowest BCUT2D eigenvalue weighted by atomic mass is 10.0. The number of nitrogens with zero attached hydrogens (tertiary/aromatic N) is 3. The summed E-state index contributed by atoms with van der Waals surface area (Å²) >= 11 is 1.38. The number of thioether (sulfide) groups is 1. The van der Waals surface area contributed by atoms with Crippen LogP contribution in [0.2, 0.25) is 0 Å². The predicted molar refractivity (Wildman–Crippen MR) is 134 cm³/mol. The van der Waals surface area contributed by atoms with Gasteiger partial charge < -0.3 is 10.1 Å². The number of methoxy groups -OCH3 is 1. The maximum absolute atomic E-state index is 12.8. The standard InChI is InChI=1S/C26H26N4O2S/c1-18(2)30-25(20-13-15-21(32-3)16-14-20)28-29-26(30)33-17-24(31)27-23-12-8-7-11-22(23)19-9-5-4-6-10-19/h4-16,18H,17H2,1-3H3,(H,27,31). The molecule has 0 radical (unpaired) electrons. The summed E-state index contributed by atoms with van der Waals surface area (Å²) in [7, 11) is 1.64. The molecule has 7 heteroatoms. The Balaban J connectivity index is 1.49. The van der Waals surface area contributed by atoms with Gasteiger partial charge >= 0.3 is 0 Å². The van der Waals surface area contributed by atoms with Gasteiger partial charge in [0.2, 0.25) is 5.91 Å². The molecule has 1 aromatic heterocycles. The van der Waals surface area contributed by atoms with Gasteiger partial charge in [-0.1, -0.05) is 60.3 Å². The smallest absolute Gasteiger partial charge is 0.234 e. The van der Waals surface area contributed by atoms with Crippen LogP contribution in [-0.2, 0) is 4.79 Å². The Morgan fingerprint density at radius 1 is 0.939 bits per heavy atom. The Morgan fingerprint density at radius 3 is 2.33 bits per heavy atom. The van der Waals surface area contributed by atoms with Crippen molar-refractivity contribution in [3.8, 4) is 28.3 Å². The van der Waals surface area contributed by atoms with Crippen molar-refractivity contribution >= 4 is 23.4 Å². The summed E-state index contributed by atoms with van der Waals surface area (Å²) in [5.74, 6) is 1.70. The Morgan fingerprint density at radius 2 is 1.64 bits per heavy atom. The minimum atomic E-state index is -0.0901. The summed E-state index contributed by atoms with van der Waals surface area (Å²) in [5, 5.41) is 12.5. The third-order valence-corrected chi connectivity index (χ3v) is 6.09. The molecule has 0 atom stereocenters. The number of carbonyl (C=O) groups is 1. The molecule has 168 valence electrons. The van der Waals surface area contributed by atoms with Crippen LogP contribution in [0.1, 0.15) is 19.9 Å². The highest BCUT2D eigenvalue weighted by molar-refractivity contribution is 7.99. The molecule has 3 aromatic carbocycles. The van der Waals surface area contributed by atoms with E-state index in [4.69, 9.17) is 4.74 Å². The van der Waals surface area contributed by atoms with Crippen molar-refractivity contribution in [1.29, 1.82) is 0 Å². The monoisotopic (exact) mass is 458 g/mol. The van der Waals surface area contributed by atoms with Crippen molar-refractivity contribution in [1.82, 2.24) is 14.8 Å². The van der Waals surface area contributed by atoms with E-state index in [1.54, 1.807) is 7.11 Å². The fourth-order valence-electron chi connectivity index (χ4n) is 3.56. The number of para-hydroxylation sites is 1. The molecule has 0 saturated carbocycles. The summed E-state index contributed by atoms with van der Waals surface area (Å²) in [6.07, 6.45) is 0. The number of aromatic nitrogens is 3. The van der Waals surface area contributed by atoms with E-state index in [1.165, 1.54) is 11.8 Å². The van der Waals surface area contributed by atoms with Crippen molar-refractivity contribution in [2.45, 2.75) is 25.0 Å². The summed E-state index contributed by atoms with van der Waals surface area (Å²) in [5.41, 5.74) is 3.79. The number of carbonyl (C=O) groups excluding carboxylic acids is 1. The van der Waals surface area contributed by atoms with Crippen molar-refractivity contribution in [2.24, 2.45) is 0 Å². The minimum absolute atomic E-state index is 0.0901. The number of nitrogens with one attached hydrogen (secondary N) is 1. The largest absolute Gasteiger partial charge is 0.497 e. The normalized spacial score (nSPS) is 10.9. The van der Waals surface area contributed by atoms with Gasteiger partial charge in [0.15, 0.2) is 11.0 Å². The van der Waals surface area contributed by atoms with Gasteiger partial charge in [-0.3, -0.25) is 9.36 Å². The zero-order chi connectivity index (χ0) is 23.2. The van der Waals surface area contributed by atoms with E-state index in [0.29, 0.717) is 5.16 Å². The SMILES string of the molecule is COc1ccc(-c2nnc(SCC(=O)Nc3ccccc3-c3ccccc3)n2C(C)C)cc1. The number of anilines is 1. The van der Waals surface area contributed by atoms with Gasteiger partial charge in [-0.15, -0.1) is 10.2 Å². The molecule has 0 aliphatic carbocycles. The quantitative estimate of drug-likeness (QED) is 0.331. The van der Waals surface area contributed by atoms with Crippen LogP contribution in [0.15, 0.2) is 84.0 Å². The minimum Gasteiger partial charge on any atom is -0.497 e. The number of amides is 1. The summed E-state index contributed by atoms with van der Waals surface area (Å²) in [6.45, 7) is 4.16. The molecule has 0 saturated heterocycles. The van der Waals surface area contributed by atoms with Crippen molar-refractivity contribution < 1.29 is 9.53 Å². The maximum atomic E-state index is 12.8. The summed E-state index contributed by atoms with van der Waals surface area (Å²) < 4.78 is 7.30. The second-order valence-corrected chi connectivity index (χ2v) is 8.69. The van der Waals surface area contributed by atoms with E-state index in [1.807, 2.05) is 78.9 Å². The van der Waals surface area contributed by atoms with Crippen LogP contribution in [0, 0.1) is 0 Å². The van der Waals surface area contributed by atoms with E-state index >= 15 is 0 Å². The number of hydrogen-bond acceptors (Lipinski definition) is 5. The summed E-state index contributed by atoms with van der Waals surface area (Å²) in [6, 6.07) is 25.7. The van der Waals surface area contributed by atoms with Crippen molar-refractivity contribution in [2.75, 3.05) is 18.2 Å². The number of hydrogen-bond donors (Lipinski definition) is 1. The van der Waals surface area contributed by atoms with Gasteiger partial charge in [0, 0.05) is 22.9 Å². The molecule has 0 fully saturated rings. The predicted octanol–water partition coefficient (Wildman–Crippen LogP) is 5.93. The first kappa shape index (κ1) is 22.6. The lowest BCUT2D eigenvalue weighted by molar-refractivity contribution is -0.113. The Hall–Kier alpha value is -3.58. The van der Waals surface area contributed by atoms with Crippen LogP contribution >= 0.6 is 11.8 Å². The highest BCUT2D eigenvalue weighted by atomic mass is 32.2. The lowest BCUT2D eigenvalue weighted by Gasteiger charge is -2.14. The molecular formula is C26H26N4O2S. The second kappa shape index (κ2) is 10.4. The third-order valence-electron chi connectivity index (χ3n) is 5.15. The zero-order valence-electron chi connectivity index (χ0n) is 18.9. The van der Waals surface area contributed by atoms with E-state index in [9.17, 15) is 4.79 Å². The third kappa shape index (κ3) is 5.26. The highest BCUT2D eigenvalue weighted by Gasteiger charge is 2.18. The van der Waals surface area contributed by atoms with Gasteiger partial charge in [0.25, 0.3) is 0 Å². The van der Waals surface area contributed by atoms with Crippen LogP contribution in [0.5, 0.6) is 5.75 Å².